The average Bonchev–Trinajstić information content (AvgIpc) is 2.43. The molecule has 2 aromatic carbocycles. The predicted molar refractivity (Wildman–Crippen MR) is 84.3 cm³/mol. The second-order valence-corrected chi connectivity index (χ2v) is 5.36. The minimum atomic E-state index is 0.0358. The molecule has 0 fully saturated rings. The van der Waals surface area contributed by atoms with E-state index in [0.717, 1.165) is 16.8 Å². The van der Waals surface area contributed by atoms with Gasteiger partial charge in [0.2, 0.25) is 5.91 Å². The van der Waals surface area contributed by atoms with Crippen molar-refractivity contribution in [1.82, 2.24) is 0 Å². The van der Waals surface area contributed by atoms with Crippen molar-refractivity contribution in [3.63, 3.8) is 0 Å². The van der Waals surface area contributed by atoms with Gasteiger partial charge < -0.3 is 5.32 Å². The van der Waals surface area contributed by atoms with Gasteiger partial charge in [0.05, 0.1) is 0 Å². The van der Waals surface area contributed by atoms with E-state index in [2.05, 4.69) is 5.32 Å². The van der Waals surface area contributed by atoms with Gasteiger partial charge in [0, 0.05) is 17.1 Å². The van der Waals surface area contributed by atoms with Gasteiger partial charge in [-0.25, -0.2) is 0 Å². The summed E-state index contributed by atoms with van der Waals surface area (Å²) < 4.78 is 0. The topological polar surface area (TPSA) is 29.1 Å². The Balaban J connectivity index is 1.92. The summed E-state index contributed by atoms with van der Waals surface area (Å²) in [6, 6.07) is 13.5. The summed E-state index contributed by atoms with van der Waals surface area (Å²) >= 11 is 5.83. The summed E-state index contributed by atoms with van der Waals surface area (Å²) in [6.45, 7) is 4.06. The molecule has 2 aromatic rings. The van der Waals surface area contributed by atoms with Crippen molar-refractivity contribution in [3.05, 3.63) is 64.2 Å². The van der Waals surface area contributed by atoms with Crippen LogP contribution < -0.4 is 5.32 Å². The number of hydrogen-bond donors (Lipinski definition) is 1. The number of nitrogens with one attached hydrogen (secondary N) is 1. The molecule has 2 rings (SSSR count). The number of benzene rings is 2. The fourth-order valence-corrected chi connectivity index (χ4v) is 2.13. The van der Waals surface area contributed by atoms with E-state index in [9.17, 15) is 4.79 Å². The third-order valence-electron chi connectivity index (χ3n) is 3.43. The first kappa shape index (κ1) is 14.6. The third kappa shape index (κ3) is 3.84. The largest absolute Gasteiger partial charge is 0.326 e. The molecule has 0 bridgehead atoms. The molecule has 0 radical (unpaired) electrons. The lowest BCUT2D eigenvalue weighted by molar-refractivity contribution is -0.116. The molecule has 2 nitrogen and oxygen atoms in total. The van der Waals surface area contributed by atoms with Gasteiger partial charge in [-0.1, -0.05) is 35.9 Å². The maximum Gasteiger partial charge on any atom is 0.224 e. The van der Waals surface area contributed by atoms with E-state index in [0.29, 0.717) is 17.9 Å². The maximum atomic E-state index is 12.0. The van der Waals surface area contributed by atoms with Crippen LogP contribution in [0.25, 0.3) is 0 Å². The minimum absolute atomic E-state index is 0.0358. The zero-order chi connectivity index (χ0) is 14.5. The number of rotatable bonds is 4. The molecule has 0 aliphatic heterocycles. The normalized spacial score (nSPS) is 10.3. The molecule has 0 aliphatic carbocycles. The lowest BCUT2D eigenvalue weighted by Crippen LogP contribution is -2.13. The van der Waals surface area contributed by atoms with Gasteiger partial charge in [0.1, 0.15) is 0 Å². The number of anilines is 1. The molecule has 0 saturated heterocycles. The number of halogens is 1. The number of hydrogen-bond acceptors (Lipinski definition) is 1. The van der Waals surface area contributed by atoms with Gasteiger partial charge in [-0.2, -0.15) is 0 Å². The van der Waals surface area contributed by atoms with Crippen LogP contribution in [0, 0.1) is 13.8 Å². The lowest BCUT2D eigenvalue weighted by Gasteiger charge is -2.10. The number of carbonyl (C=O) groups excluding carboxylic acids is 1. The van der Waals surface area contributed by atoms with Crippen LogP contribution in [0.5, 0.6) is 0 Å². The van der Waals surface area contributed by atoms with E-state index in [1.807, 2.05) is 56.3 Å². The molecule has 1 amide bonds. The minimum Gasteiger partial charge on any atom is -0.326 e. The van der Waals surface area contributed by atoms with E-state index in [1.165, 1.54) is 5.56 Å². The fourth-order valence-electron chi connectivity index (χ4n) is 2.01. The van der Waals surface area contributed by atoms with Gasteiger partial charge in [-0.3, -0.25) is 4.79 Å². The SMILES string of the molecule is Cc1cccc(NC(=O)CCc2ccc(Cl)cc2)c1C. The molecular weight excluding hydrogens is 270 g/mol. The summed E-state index contributed by atoms with van der Waals surface area (Å²) in [7, 11) is 0. The van der Waals surface area contributed by atoms with E-state index in [4.69, 9.17) is 11.6 Å². The quantitative estimate of drug-likeness (QED) is 0.879. The van der Waals surface area contributed by atoms with Crippen molar-refractivity contribution >= 4 is 23.2 Å². The van der Waals surface area contributed by atoms with Crippen LogP contribution in [0.2, 0.25) is 5.02 Å². The van der Waals surface area contributed by atoms with Gasteiger partial charge in [0.25, 0.3) is 0 Å². The Morgan fingerprint density at radius 3 is 2.50 bits per heavy atom. The smallest absolute Gasteiger partial charge is 0.224 e. The molecule has 0 unspecified atom stereocenters. The Morgan fingerprint density at radius 1 is 1.10 bits per heavy atom. The Morgan fingerprint density at radius 2 is 1.80 bits per heavy atom. The zero-order valence-electron chi connectivity index (χ0n) is 11.7. The molecule has 3 heteroatoms. The van der Waals surface area contributed by atoms with Crippen LogP contribution in [0.15, 0.2) is 42.5 Å². The molecule has 104 valence electrons. The van der Waals surface area contributed by atoms with Crippen LogP contribution in [0.4, 0.5) is 5.69 Å². The lowest BCUT2D eigenvalue weighted by atomic mass is 10.1. The van der Waals surface area contributed by atoms with E-state index < -0.39 is 0 Å². The third-order valence-corrected chi connectivity index (χ3v) is 3.68. The summed E-state index contributed by atoms with van der Waals surface area (Å²) in [4.78, 5) is 12.0. The average molecular weight is 288 g/mol. The predicted octanol–water partition coefficient (Wildman–Crippen LogP) is 4.53. The highest BCUT2D eigenvalue weighted by Crippen LogP contribution is 2.18. The van der Waals surface area contributed by atoms with Crippen LogP contribution in [-0.4, -0.2) is 5.91 Å². The Kier molecular flexibility index (Phi) is 4.80. The first-order valence-corrected chi connectivity index (χ1v) is 7.04. The fraction of sp³-hybridized carbons (Fsp3) is 0.235. The van der Waals surface area contributed by atoms with Crippen molar-refractivity contribution in [2.75, 3.05) is 5.32 Å². The Labute approximate surface area is 124 Å². The van der Waals surface area contributed by atoms with Gasteiger partial charge in [-0.15, -0.1) is 0 Å². The Hall–Kier alpha value is -1.80. The van der Waals surface area contributed by atoms with Crippen LogP contribution >= 0.6 is 11.6 Å². The molecule has 0 saturated carbocycles. The van der Waals surface area contributed by atoms with Crippen LogP contribution in [0.1, 0.15) is 23.1 Å². The van der Waals surface area contributed by atoms with Crippen LogP contribution in [-0.2, 0) is 11.2 Å². The summed E-state index contributed by atoms with van der Waals surface area (Å²) in [6.07, 6.45) is 1.18. The van der Waals surface area contributed by atoms with Crippen molar-refractivity contribution in [1.29, 1.82) is 0 Å². The van der Waals surface area contributed by atoms with E-state index >= 15 is 0 Å². The van der Waals surface area contributed by atoms with Gasteiger partial charge in [-0.05, 0) is 55.2 Å². The standard InChI is InChI=1S/C17H18ClNO/c1-12-4-3-5-16(13(12)2)19-17(20)11-8-14-6-9-15(18)10-7-14/h3-7,9-10H,8,11H2,1-2H3,(H,19,20). The van der Waals surface area contributed by atoms with Gasteiger partial charge >= 0.3 is 0 Å². The highest BCUT2D eigenvalue weighted by molar-refractivity contribution is 6.30. The monoisotopic (exact) mass is 287 g/mol. The molecule has 0 spiro atoms. The highest BCUT2D eigenvalue weighted by Gasteiger charge is 2.06. The Bertz CT molecular complexity index is 605. The number of aryl methyl sites for hydroxylation is 2. The summed E-state index contributed by atoms with van der Waals surface area (Å²) in [5.74, 6) is 0.0358. The van der Waals surface area contributed by atoms with E-state index in [-0.39, 0.29) is 5.91 Å². The first-order chi connectivity index (χ1) is 9.56. The molecule has 20 heavy (non-hydrogen) atoms. The second-order valence-electron chi connectivity index (χ2n) is 4.92. The molecule has 1 N–H and O–H groups in total. The van der Waals surface area contributed by atoms with Gasteiger partial charge in [0.15, 0.2) is 0 Å². The van der Waals surface area contributed by atoms with E-state index in [1.54, 1.807) is 0 Å². The molecule has 0 atom stereocenters. The first-order valence-electron chi connectivity index (χ1n) is 6.67. The highest BCUT2D eigenvalue weighted by atomic mass is 35.5. The van der Waals surface area contributed by atoms with Crippen molar-refractivity contribution in [2.45, 2.75) is 26.7 Å². The summed E-state index contributed by atoms with van der Waals surface area (Å²) in [5.41, 5.74) is 4.31. The van der Waals surface area contributed by atoms with Crippen molar-refractivity contribution in [2.24, 2.45) is 0 Å². The number of carbonyl (C=O) groups is 1. The molecule has 0 heterocycles. The van der Waals surface area contributed by atoms with Crippen molar-refractivity contribution < 1.29 is 4.79 Å². The molecular formula is C17H18ClNO. The summed E-state index contributed by atoms with van der Waals surface area (Å²) in [5, 5.41) is 3.68. The molecule has 0 aromatic heterocycles. The number of amides is 1. The molecule has 0 aliphatic rings. The van der Waals surface area contributed by atoms with Crippen LogP contribution in [0.3, 0.4) is 0 Å². The zero-order valence-corrected chi connectivity index (χ0v) is 12.5. The van der Waals surface area contributed by atoms with Crippen molar-refractivity contribution in [3.8, 4) is 0 Å². The second kappa shape index (κ2) is 6.58. The maximum absolute atomic E-state index is 12.0.